The largest absolute Gasteiger partial charge is 0.380 e. The molecule has 132 valence electrons. The van der Waals surface area contributed by atoms with E-state index in [2.05, 4.69) is 46.7 Å². The Hall–Kier alpha value is -2.46. The van der Waals surface area contributed by atoms with E-state index in [4.69, 9.17) is 5.73 Å². The molecule has 4 heteroatoms. The third-order valence-electron chi connectivity index (χ3n) is 4.15. The molecular formula is C21H27N3O. The highest BCUT2D eigenvalue weighted by atomic mass is 16.1. The summed E-state index contributed by atoms with van der Waals surface area (Å²) in [6.07, 6.45) is 4.60. The van der Waals surface area contributed by atoms with Crippen LogP contribution in [0.25, 0.3) is 0 Å². The second-order valence-corrected chi connectivity index (χ2v) is 6.16. The van der Waals surface area contributed by atoms with Crippen LogP contribution in [0.5, 0.6) is 0 Å². The fraction of sp³-hybridized carbons (Fsp3) is 0.333. The van der Waals surface area contributed by atoms with Gasteiger partial charge in [-0.2, -0.15) is 0 Å². The SMILES string of the molecule is CN/C=N\CCC(N)C(=O)Cc1ccc(CCc2ccccc2)cc1. The number of aliphatic imine (C=N–C) groups is 1. The van der Waals surface area contributed by atoms with Crippen molar-refractivity contribution in [2.75, 3.05) is 13.6 Å². The quantitative estimate of drug-likeness (QED) is 0.517. The number of carbonyl (C=O) groups excluding carboxylic acids is 1. The Balaban J connectivity index is 1.79. The van der Waals surface area contributed by atoms with Gasteiger partial charge in [0.05, 0.1) is 12.4 Å². The van der Waals surface area contributed by atoms with Gasteiger partial charge >= 0.3 is 0 Å². The summed E-state index contributed by atoms with van der Waals surface area (Å²) in [7, 11) is 1.79. The Labute approximate surface area is 150 Å². The molecule has 0 aliphatic rings. The van der Waals surface area contributed by atoms with Crippen LogP contribution in [0.15, 0.2) is 59.6 Å². The molecule has 0 heterocycles. The monoisotopic (exact) mass is 337 g/mol. The number of nitrogens with one attached hydrogen (secondary N) is 1. The molecule has 0 aromatic heterocycles. The molecule has 0 aliphatic carbocycles. The van der Waals surface area contributed by atoms with Crippen molar-refractivity contribution < 1.29 is 4.79 Å². The molecule has 0 bridgehead atoms. The average molecular weight is 337 g/mol. The van der Waals surface area contributed by atoms with Crippen LogP contribution in [0.3, 0.4) is 0 Å². The van der Waals surface area contributed by atoms with Crippen molar-refractivity contribution in [1.29, 1.82) is 0 Å². The Kier molecular flexibility index (Phi) is 7.86. The van der Waals surface area contributed by atoms with Crippen molar-refractivity contribution in [1.82, 2.24) is 5.32 Å². The number of benzene rings is 2. The Bertz CT molecular complexity index is 665. The van der Waals surface area contributed by atoms with E-state index >= 15 is 0 Å². The summed E-state index contributed by atoms with van der Waals surface area (Å²) in [5.74, 6) is 0.0664. The molecule has 0 radical (unpaired) electrons. The summed E-state index contributed by atoms with van der Waals surface area (Å²) in [6, 6.07) is 18.3. The van der Waals surface area contributed by atoms with Crippen LogP contribution in [0.1, 0.15) is 23.1 Å². The van der Waals surface area contributed by atoms with Gasteiger partial charge in [0.15, 0.2) is 5.78 Å². The van der Waals surface area contributed by atoms with Crippen molar-refractivity contribution in [2.24, 2.45) is 10.7 Å². The normalized spacial score (nSPS) is 12.2. The molecule has 0 spiro atoms. The van der Waals surface area contributed by atoms with E-state index in [9.17, 15) is 4.79 Å². The molecule has 1 unspecified atom stereocenters. The first-order chi connectivity index (χ1) is 12.2. The highest BCUT2D eigenvalue weighted by Gasteiger charge is 2.13. The van der Waals surface area contributed by atoms with E-state index in [0.29, 0.717) is 19.4 Å². The second-order valence-electron chi connectivity index (χ2n) is 6.16. The minimum atomic E-state index is -0.452. The van der Waals surface area contributed by atoms with Crippen molar-refractivity contribution in [3.8, 4) is 0 Å². The summed E-state index contributed by atoms with van der Waals surface area (Å²) in [6.45, 7) is 0.562. The molecule has 2 aromatic carbocycles. The van der Waals surface area contributed by atoms with Crippen molar-refractivity contribution in [3.05, 3.63) is 71.3 Å². The molecule has 0 aliphatic heterocycles. The lowest BCUT2D eigenvalue weighted by Gasteiger charge is -2.09. The van der Waals surface area contributed by atoms with Crippen LogP contribution in [0.4, 0.5) is 0 Å². The zero-order valence-corrected chi connectivity index (χ0v) is 14.8. The fourth-order valence-electron chi connectivity index (χ4n) is 2.62. The van der Waals surface area contributed by atoms with Gasteiger partial charge in [0.1, 0.15) is 0 Å². The molecule has 0 saturated heterocycles. The van der Waals surface area contributed by atoms with Crippen molar-refractivity contribution >= 4 is 12.1 Å². The summed E-state index contributed by atoms with van der Waals surface area (Å²) in [5, 5.41) is 2.82. The minimum Gasteiger partial charge on any atom is -0.380 e. The summed E-state index contributed by atoms with van der Waals surface area (Å²) in [4.78, 5) is 16.3. The van der Waals surface area contributed by atoms with Crippen molar-refractivity contribution in [3.63, 3.8) is 0 Å². The van der Waals surface area contributed by atoms with E-state index in [0.717, 1.165) is 18.4 Å². The first kappa shape index (κ1) is 18.9. The highest BCUT2D eigenvalue weighted by molar-refractivity contribution is 5.85. The first-order valence-corrected chi connectivity index (χ1v) is 8.74. The number of hydrogen-bond donors (Lipinski definition) is 2. The standard InChI is InChI=1S/C21H27N3O/c1-23-16-24-14-13-20(22)21(25)15-19-11-9-18(10-12-19)8-7-17-5-3-2-4-6-17/h2-6,9-12,16,20H,7-8,13-15,22H2,1H3,(H,23,24). The van der Waals surface area contributed by atoms with E-state index in [1.54, 1.807) is 13.4 Å². The van der Waals surface area contributed by atoms with E-state index in [1.807, 2.05) is 18.2 Å². The van der Waals surface area contributed by atoms with Gasteiger partial charge in [-0.25, -0.2) is 0 Å². The predicted octanol–water partition coefficient (Wildman–Crippen LogP) is 2.55. The predicted molar refractivity (Wildman–Crippen MR) is 104 cm³/mol. The van der Waals surface area contributed by atoms with Crippen LogP contribution in [-0.2, 0) is 24.1 Å². The molecule has 4 nitrogen and oxygen atoms in total. The van der Waals surface area contributed by atoms with Gasteiger partial charge in [-0.1, -0.05) is 54.6 Å². The molecule has 1 atom stereocenters. The molecule has 0 saturated carbocycles. The lowest BCUT2D eigenvalue weighted by Crippen LogP contribution is -2.32. The maximum atomic E-state index is 12.2. The Morgan fingerprint density at radius 1 is 1.04 bits per heavy atom. The maximum absolute atomic E-state index is 12.2. The topological polar surface area (TPSA) is 67.5 Å². The third kappa shape index (κ3) is 6.89. The molecular weight excluding hydrogens is 310 g/mol. The van der Waals surface area contributed by atoms with Crippen LogP contribution >= 0.6 is 0 Å². The molecule has 2 rings (SSSR count). The van der Waals surface area contributed by atoms with Crippen LogP contribution in [-0.4, -0.2) is 31.8 Å². The Morgan fingerprint density at radius 2 is 1.64 bits per heavy atom. The van der Waals surface area contributed by atoms with Crippen molar-refractivity contribution in [2.45, 2.75) is 31.7 Å². The Morgan fingerprint density at radius 3 is 2.28 bits per heavy atom. The van der Waals surface area contributed by atoms with Gasteiger partial charge in [-0.15, -0.1) is 0 Å². The van der Waals surface area contributed by atoms with Gasteiger partial charge in [0.2, 0.25) is 0 Å². The number of Topliss-reactive ketones (excluding diaryl/α,β-unsaturated/α-hetero) is 1. The average Bonchev–Trinajstić information content (AvgIpc) is 2.65. The fourth-order valence-corrected chi connectivity index (χ4v) is 2.62. The number of rotatable bonds is 10. The van der Waals surface area contributed by atoms with Gasteiger partial charge < -0.3 is 11.1 Å². The smallest absolute Gasteiger partial charge is 0.153 e. The zero-order valence-electron chi connectivity index (χ0n) is 14.8. The van der Waals surface area contributed by atoms with Crippen LogP contribution < -0.4 is 11.1 Å². The summed E-state index contributed by atoms with van der Waals surface area (Å²) in [5.41, 5.74) is 9.59. The molecule has 0 fully saturated rings. The van der Waals surface area contributed by atoms with E-state index in [-0.39, 0.29) is 5.78 Å². The summed E-state index contributed by atoms with van der Waals surface area (Å²) < 4.78 is 0. The number of ketones is 1. The second kappa shape index (κ2) is 10.4. The van der Waals surface area contributed by atoms with Gasteiger partial charge in [0.25, 0.3) is 0 Å². The number of aryl methyl sites for hydroxylation is 2. The van der Waals surface area contributed by atoms with E-state index < -0.39 is 6.04 Å². The zero-order chi connectivity index (χ0) is 17.9. The lowest BCUT2D eigenvalue weighted by molar-refractivity contribution is -0.119. The number of nitrogens with zero attached hydrogens (tertiary/aromatic N) is 1. The van der Waals surface area contributed by atoms with E-state index in [1.165, 1.54) is 11.1 Å². The van der Waals surface area contributed by atoms with Crippen LogP contribution in [0.2, 0.25) is 0 Å². The number of hydrogen-bond acceptors (Lipinski definition) is 3. The minimum absolute atomic E-state index is 0.0664. The first-order valence-electron chi connectivity index (χ1n) is 8.74. The third-order valence-corrected chi connectivity index (χ3v) is 4.15. The number of nitrogens with two attached hydrogens (primary N) is 1. The molecule has 3 N–H and O–H groups in total. The summed E-state index contributed by atoms with van der Waals surface area (Å²) >= 11 is 0. The molecule has 2 aromatic rings. The highest BCUT2D eigenvalue weighted by Crippen LogP contribution is 2.10. The van der Waals surface area contributed by atoms with Gasteiger partial charge in [0, 0.05) is 20.0 Å². The molecule has 0 amide bonds. The van der Waals surface area contributed by atoms with Crippen LogP contribution in [0, 0.1) is 0 Å². The van der Waals surface area contributed by atoms with Gasteiger partial charge in [-0.3, -0.25) is 9.79 Å². The van der Waals surface area contributed by atoms with Gasteiger partial charge in [-0.05, 0) is 36.0 Å². The molecule has 25 heavy (non-hydrogen) atoms. The maximum Gasteiger partial charge on any atom is 0.153 e. The number of carbonyl (C=O) groups is 1. The lowest BCUT2D eigenvalue weighted by atomic mass is 9.99.